The maximum atomic E-state index is 12.6. The minimum Gasteiger partial charge on any atom is -0.293 e. The Balaban J connectivity index is 1.77. The highest BCUT2D eigenvalue weighted by Gasteiger charge is 2.17. The molecule has 5 heteroatoms. The van der Waals surface area contributed by atoms with Crippen LogP contribution in [0.15, 0.2) is 96.0 Å². The van der Waals surface area contributed by atoms with Crippen molar-refractivity contribution in [1.82, 2.24) is 4.98 Å². The van der Waals surface area contributed by atoms with E-state index in [9.17, 15) is 10.1 Å². The molecule has 0 amide bonds. The van der Waals surface area contributed by atoms with Gasteiger partial charge in [0.25, 0.3) is 0 Å². The molecule has 1 aromatic heterocycles. The van der Waals surface area contributed by atoms with Gasteiger partial charge in [0.1, 0.15) is 11.1 Å². The lowest BCUT2D eigenvalue weighted by Gasteiger charge is -2.12. The van der Waals surface area contributed by atoms with E-state index in [1.807, 2.05) is 66.7 Å². The quantitative estimate of drug-likeness (QED) is 0.241. The fourth-order valence-corrected chi connectivity index (χ4v) is 4.21. The third-order valence-electron chi connectivity index (χ3n) is 4.76. The van der Waals surface area contributed by atoms with Crippen LogP contribution in [-0.4, -0.2) is 16.5 Å². The molecule has 0 fully saturated rings. The highest BCUT2D eigenvalue weighted by molar-refractivity contribution is 8.00. The Morgan fingerprint density at radius 3 is 2.19 bits per heavy atom. The van der Waals surface area contributed by atoms with Crippen LogP contribution in [0.3, 0.4) is 0 Å². The molecule has 3 nitrogen and oxygen atoms in total. The van der Waals surface area contributed by atoms with Gasteiger partial charge in [-0.25, -0.2) is 4.98 Å². The van der Waals surface area contributed by atoms with Crippen molar-refractivity contribution in [3.8, 4) is 28.5 Å². The average molecular weight is 441 g/mol. The maximum absolute atomic E-state index is 12.6. The van der Waals surface area contributed by atoms with E-state index in [0.717, 1.165) is 22.4 Å². The van der Waals surface area contributed by atoms with E-state index in [4.69, 9.17) is 16.6 Å². The van der Waals surface area contributed by atoms with Gasteiger partial charge in [-0.1, -0.05) is 96.2 Å². The second kappa shape index (κ2) is 9.61. The lowest BCUT2D eigenvalue weighted by atomic mass is 9.99. The zero-order valence-electron chi connectivity index (χ0n) is 16.5. The van der Waals surface area contributed by atoms with Gasteiger partial charge in [0.05, 0.1) is 17.0 Å². The smallest absolute Gasteiger partial charge is 0.173 e. The van der Waals surface area contributed by atoms with E-state index in [0.29, 0.717) is 21.2 Å². The fraction of sp³-hybridized carbons (Fsp3) is 0.0385. The number of nitrogens with zero attached hydrogens (tertiary/aromatic N) is 2. The third-order valence-corrected chi connectivity index (χ3v) is 5.99. The van der Waals surface area contributed by atoms with Crippen molar-refractivity contribution in [1.29, 1.82) is 5.26 Å². The number of ketones is 1. The molecule has 0 aliphatic carbocycles. The number of rotatable bonds is 6. The number of Topliss-reactive ketones (excluding diaryl/α,β-unsaturated/α-hetero) is 1. The SMILES string of the molecule is N#Cc1c(-c2ccc(Cl)cc2)cc(-c2ccccc2)nc1SCC(=O)c1ccccc1. The summed E-state index contributed by atoms with van der Waals surface area (Å²) in [5.41, 5.74) is 4.43. The zero-order chi connectivity index (χ0) is 21.6. The largest absolute Gasteiger partial charge is 0.293 e. The van der Waals surface area contributed by atoms with E-state index in [2.05, 4.69) is 6.07 Å². The second-order valence-electron chi connectivity index (χ2n) is 6.80. The Bertz CT molecular complexity index is 1250. The Hall–Kier alpha value is -3.39. The van der Waals surface area contributed by atoms with Crippen LogP contribution in [0.1, 0.15) is 15.9 Å². The zero-order valence-corrected chi connectivity index (χ0v) is 18.0. The molecule has 0 spiro atoms. The van der Waals surface area contributed by atoms with Gasteiger partial charge < -0.3 is 0 Å². The Kier molecular flexibility index (Phi) is 6.47. The van der Waals surface area contributed by atoms with Crippen molar-refractivity contribution < 1.29 is 4.79 Å². The molecule has 0 radical (unpaired) electrons. The average Bonchev–Trinajstić information content (AvgIpc) is 2.83. The maximum Gasteiger partial charge on any atom is 0.173 e. The third kappa shape index (κ3) is 4.86. The molecular weight excluding hydrogens is 424 g/mol. The molecule has 4 rings (SSSR count). The molecule has 1 heterocycles. The molecule has 0 N–H and O–H groups in total. The molecule has 0 aliphatic heterocycles. The van der Waals surface area contributed by atoms with Gasteiger partial charge >= 0.3 is 0 Å². The highest BCUT2D eigenvalue weighted by Crippen LogP contribution is 2.34. The Labute approximate surface area is 190 Å². The summed E-state index contributed by atoms with van der Waals surface area (Å²) in [6.45, 7) is 0. The number of benzene rings is 3. The first-order valence-electron chi connectivity index (χ1n) is 9.63. The van der Waals surface area contributed by atoms with Crippen LogP contribution in [0.5, 0.6) is 0 Å². The molecule has 0 saturated carbocycles. The molecule has 0 aliphatic rings. The summed E-state index contributed by atoms with van der Waals surface area (Å²) in [7, 11) is 0. The minimum absolute atomic E-state index is 0.00514. The molecule has 0 saturated heterocycles. The summed E-state index contributed by atoms with van der Waals surface area (Å²) in [5.74, 6) is 0.193. The molecule has 4 aromatic rings. The number of carbonyl (C=O) groups excluding carboxylic acids is 1. The standard InChI is InChI=1S/C26H17ClN2OS/c27-21-13-11-18(12-14-21)22-15-24(19-7-3-1-4-8-19)29-26(23(22)16-28)31-17-25(30)20-9-5-2-6-10-20/h1-15H,17H2. The highest BCUT2D eigenvalue weighted by atomic mass is 35.5. The topological polar surface area (TPSA) is 53.8 Å². The number of aromatic nitrogens is 1. The molecule has 31 heavy (non-hydrogen) atoms. The van der Waals surface area contributed by atoms with Crippen LogP contribution in [0.4, 0.5) is 0 Å². The molecule has 150 valence electrons. The number of hydrogen-bond acceptors (Lipinski definition) is 4. The summed E-state index contributed by atoms with van der Waals surface area (Å²) >= 11 is 7.34. The van der Waals surface area contributed by atoms with E-state index in [1.165, 1.54) is 11.8 Å². The first-order valence-corrected chi connectivity index (χ1v) is 11.0. The lowest BCUT2D eigenvalue weighted by Crippen LogP contribution is -2.03. The molecule has 0 unspecified atom stereocenters. The van der Waals surface area contributed by atoms with E-state index >= 15 is 0 Å². The predicted octanol–water partition coefficient (Wildman–Crippen LogP) is 6.92. The van der Waals surface area contributed by atoms with Crippen LogP contribution in [0.2, 0.25) is 5.02 Å². The Morgan fingerprint density at radius 2 is 1.55 bits per heavy atom. The first-order chi connectivity index (χ1) is 15.2. The first kappa shape index (κ1) is 20.9. The summed E-state index contributed by atoms with van der Waals surface area (Å²) in [5, 5.41) is 11.1. The van der Waals surface area contributed by atoms with Crippen LogP contribution < -0.4 is 0 Å². The van der Waals surface area contributed by atoms with Crippen molar-refractivity contribution in [3.05, 3.63) is 107 Å². The number of carbonyl (C=O) groups is 1. The van der Waals surface area contributed by atoms with E-state index in [-0.39, 0.29) is 11.5 Å². The predicted molar refractivity (Wildman–Crippen MR) is 126 cm³/mol. The van der Waals surface area contributed by atoms with Crippen molar-refractivity contribution in [2.45, 2.75) is 5.03 Å². The van der Waals surface area contributed by atoms with E-state index < -0.39 is 0 Å². The van der Waals surface area contributed by atoms with Crippen molar-refractivity contribution in [2.24, 2.45) is 0 Å². The van der Waals surface area contributed by atoms with Gasteiger partial charge in [-0.15, -0.1) is 0 Å². The number of hydrogen-bond donors (Lipinski definition) is 0. The van der Waals surface area contributed by atoms with Crippen molar-refractivity contribution in [2.75, 3.05) is 5.75 Å². The molecule has 0 bridgehead atoms. The summed E-state index contributed by atoms with van der Waals surface area (Å²) < 4.78 is 0. The summed E-state index contributed by atoms with van der Waals surface area (Å²) in [6, 6.07) is 30.5. The molecule has 3 aromatic carbocycles. The number of halogens is 1. The van der Waals surface area contributed by atoms with E-state index in [1.54, 1.807) is 24.3 Å². The fourth-order valence-electron chi connectivity index (χ4n) is 3.19. The van der Waals surface area contributed by atoms with Gasteiger partial charge in [-0.2, -0.15) is 5.26 Å². The number of thioether (sulfide) groups is 1. The van der Waals surface area contributed by atoms with Gasteiger partial charge in [-0.05, 0) is 23.8 Å². The van der Waals surface area contributed by atoms with Gasteiger partial charge in [0.15, 0.2) is 5.78 Å². The van der Waals surface area contributed by atoms with Crippen LogP contribution in [0, 0.1) is 11.3 Å². The Morgan fingerprint density at radius 1 is 0.903 bits per heavy atom. The monoisotopic (exact) mass is 440 g/mol. The lowest BCUT2D eigenvalue weighted by molar-refractivity contribution is 0.102. The van der Waals surface area contributed by atoms with Crippen LogP contribution >= 0.6 is 23.4 Å². The summed E-state index contributed by atoms with van der Waals surface area (Å²) in [4.78, 5) is 17.4. The number of pyridine rings is 1. The second-order valence-corrected chi connectivity index (χ2v) is 8.20. The van der Waals surface area contributed by atoms with Crippen LogP contribution in [0.25, 0.3) is 22.4 Å². The van der Waals surface area contributed by atoms with Gasteiger partial charge in [0, 0.05) is 21.7 Å². The van der Waals surface area contributed by atoms with Gasteiger partial charge in [-0.3, -0.25) is 4.79 Å². The van der Waals surface area contributed by atoms with Crippen molar-refractivity contribution in [3.63, 3.8) is 0 Å². The number of nitriles is 1. The minimum atomic E-state index is -0.00514. The normalized spacial score (nSPS) is 10.5. The molecule has 0 atom stereocenters. The molecular formula is C26H17ClN2OS. The van der Waals surface area contributed by atoms with Crippen LogP contribution in [-0.2, 0) is 0 Å². The van der Waals surface area contributed by atoms with Gasteiger partial charge in [0.2, 0.25) is 0 Å². The van der Waals surface area contributed by atoms with Crippen molar-refractivity contribution >= 4 is 29.1 Å². The summed E-state index contributed by atoms with van der Waals surface area (Å²) in [6.07, 6.45) is 0.